The van der Waals surface area contributed by atoms with E-state index in [-0.39, 0.29) is 23.3 Å². The number of nitrogens with zero attached hydrogens (tertiary/aromatic N) is 1. The third-order valence-electron chi connectivity index (χ3n) is 3.16. The summed E-state index contributed by atoms with van der Waals surface area (Å²) in [4.78, 5) is 15.5. The van der Waals surface area contributed by atoms with E-state index in [0.29, 0.717) is 5.92 Å². The monoisotopic (exact) mass is 237 g/mol. The molecular weight excluding hydrogens is 221 g/mol. The number of nitrogens with one attached hydrogen (secondary N) is 1. The molecule has 0 spiro atoms. The molecule has 2 unspecified atom stereocenters. The Bertz CT molecular complexity index is 436. The predicted octanol–water partition coefficient (Wildman–Crippen LogP) is 1.72. The highest BCUT2D eigenvalue weighted by Gasteiger charge is 2.24. The van der Waals surface area contributed by atoms with Crippen LogP contribution < -0.4 is 11.1 Å². The summed E-state index contributed by atoms with van der Waals surface area (Å²) in [6.45, 7) is 2.16. The number of pyridine rings is 1. The molecule has 1 heterocycles. The molecule has 0 radical (unpaired) electrons. The summed E-state index contributed by atoms with van der Waals surface area (Å²) in [5, 5.41) is 2.87. The van der Waals surface area contributed by atoms with Gasteiger partial charge in [-0.25, -0.2) is 9.37 Å². The first-order valence-corrected chi connectivity index (χ1v) is 5.78. The van der Waals surface area contributed by atoms with Gasteiger partial charge in [-0.1, -0.05) is 6.92 Å². The zero-order valence-corrected chi connectivity index (χ0v) is 9.74. The van der Waals surface area contributed by atoms with E-state index in [1.807, 2.05) is 0 Å². The van der Waals surface area contributed by atoms with E-state index >= 15 is 0 Å². The number of carbonyl (C=O) groups is 1. The lowest BCUT2D eigenvalue weighted by atomic mass is 10.1. The van der Waals surface area contributed by atoms with Gasteiger partial charge in [0.1, 0.15) is 11.6 Å². The van der Waals surface area contributed by atoms with Crippen LogP contribution in [-0.2, 0) is 0 Å². The van der Waals surface area contributed by atoms with Crippen LogP contribution in [0.4, 0.5) is 10.2 Å². The Balaban J connectivity index is 2.06. The molecule has 1 aliphatic carbocycles. The van der Waals surface area contributed by atoms with Crippen molar-refractivity contribution < 1.29 is 9.18 Å². The molecule has 0 aliphatic heterocycles. The lowest BCUT2D eigenvalue weighted by molar-refractivity contribution is 0.0937. The van der Waals surface area contributed by atoms with Gasteiger partial charge in [0.2, 0.25) is 0 Å². The Morgan fingerprint density at radius 2 is 2.35 bits per heavy atom. The maximum absolute atomic E-state index is 13.0. The summed E-state index contributed by atoms with van der Waals surface area (Å²) in [7, 11) is 0. The third-order valence-corrected chi connectivity index (χ3v) is 3.16. The van der Waals surface area contributed by atoms with Crippen LogP contribution in [0.1, 0.15) is 36.5 Å². The lowest BCUT2D eigenvalue weighted by Crippen LogP contribution is -2.33. The van der Waals surface area contributed by atoms with Crippen LogP contribution in [0.15, 0.2) is 12.3 Å². The fourth-order valence-electron chi connectivity index (χ4n) is 2.23. The predicted molar refractivity (Wildman–Crippen MR) is 62.9 cm³/mol. The third kappa shape index (κ3) is 2.72. The highest BCUT2D eigenvalue weighted by molar-refractivity contribution is 5.98. The van der Waals surface area contributed by atoms with Gasteiger partial charge in [0.25, 0.3) is 5.91 Å². The van der Waals surface area contributed by atoms with Gasteiger partial charge in [-0.15, -0.1) is 0 Å². The molecule has 0 aromatic carbocycles. The first-order chi connectivity index (χ1) is 8.06. The van der Waals surface area contributed by atoms with Gasteiger partial charge in [0, 0.05) is 6.04 Å². The van der Waals surface area contributed by atoms with E-state index in [4.69, 9.17) is 5.73 Å². The summed E-state index contributed by atoms with van der Waals surface area (Å²) in [5.41, 5.74) is 5.67. The van der Waals surface area contributed by atoms with Gasteiger partial charge in [-0.3, -0.25) is 4.79 Å². The number of nitrogens with two attached hydrogens (primary N) is 1. The van der Waals surface area contributed by atoms with Crippen molar-refractivity contribution in [1.82, 2.24) is 10.3 Å². The number of nitrogen functional groups attached to an aromatic ring is 1. The van der Waals surface area contributed by atoms with Crippen LogP contribution in [-0.4, -0.2) is 16.9 Å². The van der Waals surface area contributed by atoms with Gasteiger partial charge < -0.3 is 11.1 Å². The zero-order chi connectivity index (χ0) is 12.4. The van der Waals surface area contributed by atoms with Crippen molar-refractivity contribution >= 4 is 11.7 Å². The molecule has 2 atom stereocenters. The van der Waals surface area contributed by atoms with Gasteiger partial charge in [-0.05, 0) is 31.2 Å². The molecule has 1 amide bonds. The van der Waals surface area contributed by atoms with E-state index in [1.54, 1.807) is 0 Å². The lowest BCUT2D eigenvalue weighted by Gasteiger charge is -2.13. The number of hydrogen-bond donors (Lipinski definition) is 2. The van der Waals surface area contributed by atoms with Crippen molar-refractivity contribution in [1.29, 1.82) is 0 Å². The standard InChI is InChI=1S/C12H16FN3O/c1-7-2-3-9(4-7)16-12(17)10-5-8(13)6-15-11(10)14/h5-7,9H,2-4H2,1H3,(H2,14,15)(H,16,17). The minimum absolute atomic E-state index is 0.0648. The molecule has 17 heavy (non-hydrogen) atoms. The van der Waals surface area contributed by atoms with Crippen LogP contribution in [0.2, 0.25) is 0 Å². The minimum Gasteiger partial charge on any atom is -0.383 e. The zero-order valence-electron chi connectivity index (χ0n) is 9.74. The second kappa shape index (κ2) is 4.69. The highest BCUT2D eigenvalue weighted by Crippen LogP contribution is 2.25. The average molecular weight is 237 g/mol. The average Bonchev–Trinajstić information content (AvgIpc) is 2.67. The Labute approximate surface area is 99.4 Å². The number of anilines is 1. The summed E-state index contributed by atoms with van der Waals surface area (Å²) < 4.78 is 13.0. The smallest absolute Gasteiger partial charge is 0.255 e. The second-order valence-electron chi connectivity index (χ2n) is 4.67. The Morgan fingerprint density at radius 3 is 3.00 bits per heavy atom. The van der Waals surface area contributed by atoms with Crippen molar-refractivity contribution in [3.63, 3.8) is 0 Å². The molecule has 0 bridgehead atoms. The molecule has 2 rings (SSSR count). The normalized spacial score (nSPS) is 23.6. The molecule has 1 aromatic rings. The van der Waals surface area contributed by atoms with Crippen LogP contribution in [0.5, 0.6) is 0 Å². The Kier molecular flexibility index (Phi) is 3.26. The molecule has 3 N–H and O–H groups in total. The quantitative estimate of drug-likeness (QED) is 0.823. The molecule has 1 fully saturated rings. The van der Waals surface area contributed by atoms with E-state index in [1.165, 1.54) is 0 Å². The number of halogens is 1. The molecule has 5 heteroatoms. The number of hydrogen-bond acceptors (Lipinski definition) is 3. The highest BCUT2D eigenvalue weighted by atomic mass is 19.1. The fraction of sp³-hybridized carbons (Fsp3) is 0.500. The molecule has 1 aliphatic rings. The number of amides is 1. The van der Waals surface area contributed by atoms with Crippen molar-refractivity contribution in [3.8, 4) is 0 Å². The summed E-state index contributed by atoms with van der Waals surface area (Å²) in [6.07, 6.45) is 4.05. The molecular formula is C12H16FN3O. The molecule has 1 saturated carbocycles. The van der Waals surface area contributed by atoms with Crippen LogP contribution in [0, 0.1) is 11.7 Å². The molecule has 0 saturated heterocycles. The Morgan fingerprint density at radius 1 is 1.59 bits per heavy atom. The SMILES string of the molecule is CC1CCC(NC(=O)c2cc(F)cnc2N)C1. The first-order valence-electron chi connectivity index (χ1n) is 5.78. The largest absolute Gasteiger partial charge is 0.383 e. The number of rotatable bonds is 2. The topological polar surface area (TPSA) is 68.0 Å². The van der Waals surface area contributed by atoms with Crippen molar-refractivity contribution in [2.75, 3.05) is 5.73 Å². The van der Waals surface area contributed by atoms with Crippen LogP contribution in [0.3, 0.4) is 0 Å². The van der Waals surface area contributed by atoms with Crippen molar-refractivity contribution in [3.05, 3.63) is 23.6 Å². The van der Waals surface area contributed by atoms with Gasteiger partial charge >= 0.3 is 0 Å². The summed E-state index contributed by atoms with van der Waals surface area (Å²) in [5.74, 6) is -0.198. The molecule has 4 nitrogen and oxygen atoms in total. The molecule has 92 valence electrons. The minimum atomic E-state index is -0.552. The first kappa shape index (κ1) is 11.8. The summed E-state index contributed by atoms with van der Waals surface area (Å²) >= 11 is 0. The van der Waals surface area contributed by atoms with E-state index in [2.05, 4.69) is 17.2 Å². The van der Waals surface area contributed by atoms with Gasteiger partial charge in [0.05, 0.1) is 11.8 Å². The van der Waals surface area contributed by atoms with Crippen LogP contribution in [0.25, 0.3) is 0 Å². The number of carbonyl (C=O) groups excluding carboxylic acids is 1. The van der Waals surface area contributed by atoms with E-state index in [9.17, 15) is 9.18 Å². The number of aromatic nitrogens is 1. The molecule has 1 aromatic heterocycles. The van der Waals surface area contributed by atoms with Crippen LogP contribution >= 0.6 is 0 Å². The van der Waals surface area contributed by atoms with Crippen molar-refractivity contribution in [2.45, 2.75) is 32.2 Å². The van der Waals surface area contributed by atoms with Gasteiger partial charge in [-0.2, -0.15) is 0 Å². The van der Waals surface area contributed by atoms with Crippen molar-refractivity contribution in [2.24, 2.45) is 5.92 Å². The fourth-order valence-corrected chi connectivity index (χ4v) is 2.23. The van der Waals surface area contributed by atoms with E-state index < -0.39 is 5.82 Å². The maximum Gasteiger partial charge on any atom is 0.255 e. The Hall–Kier alpha value is -1.65. The second-order valence-corrected chi connectivity index (χ2v) is 4.67. The summed E-state index contributed by atoms with van der Waals surface area (Å²) in [6, 6.07) is 1.29. The maximum atomic E-state index is 13.0. The van der Waals surface area contributed by atoms with Gasteiger partial charge in [0.15, 0.2) is 0 Å². The van der Waals surface area contributed by atoms with E-state index in [0.717, 1.165) is 31.5 Å².